The van der Waals surface area contributed by atoms with Crippen LogP contribution in [-0.2, 0) is 14.3 Å². The van der Waals surface area contributed by atoms with Gasteiger partial charge in [-0.25, -0.2) is 4.98 Å². The molecule has 2 heterocycles. The molecule has 0 radical (unpaired) electrons. The highest BCUT2D eigenvalue weighted by molar-refractivity contribution is 7.14. The maximum absolute atomic E-state index is 13.1. The van der Waals surface area contributed by atoms with E-state index in [9.17, 15) is 14.4 Å². The van der Waals surface area contributed by atoms with Gasteiger partial charge < -0.3 is 24.8 Å². The first-order valence-corrected chi connectivity index (χ1v) is 12.3. The van der Waals surface area contributed by atoms with E-state index in [1.54, 1.807) is 27.2 Å². The van der Waals surface area contributed by atoms with Gasteiger partial charge in [-0.05, 0) is 24.6 Å². The van der Waals surface area contributed by atoms with E-state index in [1.807, 2.05) is 25.1 Å². The van der Waals surface area contributed by atoms with Crippen LogP contribution < -0.4 is 5.32 Å². The van der Waals surface area contributed by atoms with Crippen LogP contribution in [0.4, 0.5) is 10.8 Å². The number of nitrogens with zero attached hydrogens (tertiary/aromatic N) is 4. The highest BCUT2D eigenvalue weighted by atomic mass is 35.5. The molecule has 0 spiro atoms. The number of aryl methyl sites for hydroxylation is 1. The van der Waals surface area contributed by atoms with Gasteiger partial charge in [0.25, 0.3) is 5.91 Å². The standard InChI is InChI=1S/C23H30ClN5O4S/c1-16-4-5-18(24)14-19(16)25-23-26-20(15-34-23)22(32)29(12-13-33-3)7-6-21(31)28-10-8-27(9-11-28)17(2)30/h4-5,14-15H,6-13H2,1-3H3,(H,25,26). The lowest BCUT2D eigenvalue weighted by Crippen LogP contribution is -2.50. The Morgan fingerprint density at radius 3 is 2.56 bits per heavy atom. The molecule has 34 heavy (non-hydrogen) atoms. The second kappa shape index (κ2) is 12.1. The summed E-state index contributed by atoms with van der Waals surface area (Å²) in [5.74, 6) is -0.264. The molecule has 1 saturated heterocycles. The third-order valence-corrected chi connectivity index (χ3v) is 6.68. The number of hydrogen-bond donors (Lipinski definition) is 1. The van der Waals surface area contributed by atoms with Crippen LogP contribution in [0.5, 0.6) is 0 Å². The molecule has 0 aliphatic carbocycles. The lowest BCUT2D eigenvalue weighted by molar-refractivity contribution is -0.138. The summed E-state index contributed by atoms with van der Waals surface area (Å²) in [5.41, 5.74) is 2.15. The first-order valence-electron chi connectivity index (χ1n) is 11.1. The van der Waals surface area contributed by atoms with E-state index in [-0.39, 0.29) is 30.7 Å². The van der Waals surface area contributed by atoms with E-state index in [1.165, 1.54) is 18.3 Å². The van der Waals surface area contributed by atoms with E-state index >= 15 is 0 Å². The Labute approximate surface area is 208 Å². The molecule has 1 aromatic carbocycles. The molecule has 2 aromatic rings. The number of anilines is 2. The van der Waals surface area contributed by atoms with Crippen molar-refractivity contribution in [2.24, 2.45) is 0 Å². The largest absolute Gasteiger partial charge is 0.383 e. The van der Waals surface area contributed by atoms with Crippen molar-refractivity contribution in [1.82, 2.24) is 19.7 Å². The predicted molar refractivity (Wildman–Crippen MR) is 133 cm³/mol. The summed E-state index contributed by atoms with van der Waals surface area (Å²) in [7, 11) is 1.57. The molecule has 1 N–H and O–H groups in total. The fourth-order valence-corrected chi connectivity index (χ4v) is 4.48. The van der Waals surface area contributed by atoms with Gasteiger partial charge in [-0.15, -0.1) is 11.3 Å². The summed E-state index contributed by atoms with van der Waals surface area (Å²) < 4.78 is 5.15. The maximum atomic E-state index is 13.1. The summed E-state index contributed by atoms with van der Waals surface area (Å²) in [6.45, 7) is 6.56. The van der Waals surface area contributed by atoms with Crippen molar-refractivity contribution in [1.29, 1.82) is 0 Å². The SMILES string of the molecule is COCCN(CCC(=O)N1CCN(C(C)=O)CC1)C(=O)c1csc(Nc2cc(Cl)ccc2C)n1. The van der Waals surface area contributed by atoms with Crippen molar-refractivity contribution in [3.63, 3.8) is 0 Å². The van der Waals surface area contributed by atoms with Crippen LogP contribution in [-0.4, -0.2) is 90.4 Å². The number of aromatic nitrogens is 1. The minimum Gasteiger partial charge on any atom is -0.383 e. The summed E-state index contributed by atoms with van der Waals surface area (Å²) in [6.07, 6.45) is 0.201. The van der Waals surface area contributed by atoms with Crippen molar-refractivity contribution < 1.29 is 19.1 Å². The van der Waals surface area contributed by atoms with Crippen LogP contribution in [0.15, 0.2) is 23.6 Å². The number of benzene rings is 1. The Balaban J connectivity index is 1.60. The number of ether oxygens (including phenoxy) is 1. The molecular formula is C23H30ClN5O4S. The minimum atomic E-state index is -0.252. The molecule has 0 unspecified atom stereocenters. The van der Waals surface area contributed by atoms with Crippen LogP contribution >= 0.6 is 22.9 Å². The van der Waals surface area contributed by atoms with Crippen molar-refractivity contribution in [2.45, 2.75) is 20.3 Å². The van der Waals surface area contributed by atoms with Crippen LogP contribution in [0, 0.1) is 6.92 Å². The highest BCUT2D eigenvalue weighted by Gasteiger charge is 2.24. The molecule has 184 valence electrons. The van der Waals surface area contributed by atoms with Gasteiger partial charge in [0.15, 0.2) is 5.13 Å². The van der Waals surface area contributed by atoms with E-state index < -0.39 is 0 Å². The Bertz CT molecular complexity index is 1020. The minimum absolute atomic E-state index is 0.0195. The number of hydrogen-bond acceptors (Lipinski definition) is 7. The van der Waals surface area contributed by atoms with Gasteiger partial charge >= 0.3 is 0 Å². The number of carbonyl (C=O) groups excluding carboxylic acids is 3. The molecule has 1 aliphatic heterocycles. The smallest absolute Gasteiger partial charge is 0.273 e. The van der Waals surface area contributed by atoms with Crippen molar-refractivity contribution >= 4 is 51.5 Å². The van der Waals surface area contributed by atoms with Gasteiger partial charge in [-0.1, -0.05) is 17.7 Å². The zero-order valence-electron chi connectivity index (χ0n) is 19.7. The summed E-state index contributed by atoms with van der Waals surface area (Å²) in [6, 6.07) is 5.54. The molecule has 11 heteroatoms. The van der Waals surface area contributed by atoms with Gasteiger partial charge in [0.1, 0.15) is 5.69 Å². The average Bonchev–Trinajstić information content (AvgIpc) is 3.29. The van der Waals surface area contributed by atoms with Crippen molar-refractivity contribution in [3.8, 4) is 0 Å². The van der Waals surface area contributed by atoms with Gasteiger partial charge in [0, 0.05) is 75.8 Å². The predicted octanol–water partition coefficient (Wildman–Crippen LogP) is 3.02. The normalized spacial score (nSPS) is 13.6. The third kappa shape index (κ3) is 6.91. The Morgan fingerprint density at radius 1 is 1.18 bits per heavy atom. The van der Waals surface area contributed by atoms with Gasteiger partial charge in [0.2, 0.25) is 11.8 Å². The van der Waals surface area contributed by atoms with Gasteiger partial charge in [0.05, 0.1) is 6.61 Å². The number of carbonyl (C=O) groups is 3. The van der Waals surface area contributed by atoms with E-state index in [0.29, 0.717) is 55.2 Å². The molecule has 0 saturated carbocycles. The zero-order valence-corrected chi connectivity index (χ0v) is 21.2. The second-order valence-electron chi connectivity index (χ2n) is 8.04. The summed E-state index contributed by atoms with van der Waals surface area (Å²) >= 11 is 7.41. The monoisotopic (exact) mass is 507 g/mol. The molecule has 0 atom stereocenters. The second-order valence-corrected chi connectivity index (χ2v) is 9.34. The number of methoxy groups -OCH3 is 1. The highest BCUT2D eigenvalue weighted by Crippen LogP contribution is 2.26. The average molecular weight is 508 g/mol. The fourth-order valence-electron chi connectivity index (χ4n) is 3.61. The number of thiazole rings is 1. The first-order chi connectivity index (χ1) is 16.3. The summed E-state index contributed by atoms with van der Waals surface area (Å²) in [5, 5.41) is 6.11. The molecule has 9 nitrogen and oxygen atoms in total. The van der Waals surface area contributed by atoms with Gasteiger partial charge in [-0.3, -0.25) is 14.4 Å². The maximum Gasteiger partial charge on any atom is 0.273 e. The number of amides is 3. The fraction of sp³-hybridized carbons (Fsp3) is 0.478. The molecule has 3 amide bonds. The van der Waals surface area contributed by atoms with E-state index in [2.05, 4.69) is 10.3 Å². The van der Waals surface area contributed by atoms with Crippen molar-refractivity contribution in [2.75, 3.05) is 58.3 Å². The number of piperazine rings is 1. The summed E-state index contributed by atoms with van der Waals surface area (Å²) in [4.78, 5) is 46.8. The van der Waals surface area contributed by atoms with Crippen LogP contribution in [0.2, 0.25) is 5.02 Å². The van der Waals surface area contributed by atoms with Crippen molar-refractivity contribution in [3.05, 3.63) is 39.9 Å². The Hall–Kier alpha value is -2.69. The lowest BCUT2D eigenvalue weighted by atomic mass is 10.2. The molecular weight excluding hydrogens is 478 g/mol. The molecule has 0 bridgehead atoms. The van der Waals surface area contributed by atoms with E-state index in [4.69, 9.17) is 16.3 Å². The molecule has 1 aliphatic rings. The van der Waals surface area contributed by atoms with Crippen LogP contribution in [0.25, 0.3) is 0 Å². The van der Waals surface area contributed by atoms with Gasteiger partial charge in [-0.2, -0.15) is 0 Å². The quantitative estimate of drug-likeness (QED) is 0.560. The number of rotatable bonds is 9. The number of halogens is 1. The van der Waals surface area contributed by atoms with Crippen LogP contribution in [0.3, 0.4) is 0 Å². The van der Waals surface area contributed by atoms with Crippen LogP contribution in [0.1, 0.15) is 29.4 Å². The Morgan fingerprint density at radius 2 is 1.88 bits per heavy atom. The third-order valence-electron chi connectivity index (χ3n) is 5.69. The Kier molecular flexibility index (Phi) is 9.26. The molecule has 3 rings (SSSR count). The topological polar surface area (TPSA) is 95.1 Å². The number of nitrogens with one attached hydrogen (secondary N) is 1. The molecule has 1 fully saturated rings. The first kappa shape index (κ1) is 25.9. The molecule has 1 aromatic heterocycles. The lowest BCUT2D eigenvalue weighted by Gasteiger charge is -2.34. The zero-order chi connectivity index (χ0) is 24.7. The van der Waals surface area contributed by atoms with E-state index in [0.717, 1.165) is 11.3 Å².